The fourth-order valence-corrected chi connectivity index (χ4v) is 2.98. The predicted octanol–water partition coefficient (Wildman–Crippen LogP) is 2.62. The number of rotatable bonds is 6. The first kappa shape index (κ1) is 16.9. The van der Waals surface area contributed by atoms with Gasteiger partial charge in [0.1, 0.15) is 12.4 Å². The smallest absolute Gasteiger partial charge is 0.414 e. The summed E-state index contributed by atoms with van der Waals surface area (Å²) in [4.78, 5) is 24.7. The Morgan fingerprint density at radius 1 is 1.59 bits per heavy atom. The van der Waals surface area contributed by atoms with Gasteiger partial charge in [0.2, 0.25) is 5.91 Å². The van der Waals surface area contributed by atoms with E-state index in [0.29, 0.717) is 22.2 Å². The molecule has 1 fully saturated rings. The third-order valence-electron chi connectivity index (χ3n) is 3.08. The van der Waals surface area contributed by atoms with E-state index in [-0.39, 0.29) is 25.1 Å². The number of nitrogens with zero attached hydrogens (tertiary/aromatic N) is 1. The van der Waals surface area contributed by atoms with Gasteiger partial charge in [0.15, 0.2) is 0 Å². The highest BCUT2D eigenvalue weighted by Crippen LogP contribution is 2.29. The maximum atomic E-state index is 14.1. The van der Waals surface area contributed by atoms with Crippen molar-refractivity contribution in [1.29, 1.82) is 0 Å². The number of nitrogens with one attached hydrogen (secondary N) is 1. The van der Waals surface area contributed by atoms with Crippen molar-refractivity contribution in [1.82, 2.24) is 5.32 Å². The lowest BCUT2D eigenvalue weighted by molar-refractivity contribution is -0.119. The van der Waals surface area contributed by atoms with Gasteiger partial charge in [0.05, 0.1) is 11.7 Å². The molecule has 0 bridgehead atoms. The average molecular weight is 347 g/mol. The summed E-state index contributed by atoms with van der Waals surface area (Å²) in [6.07, 6.45) is -0.545. The van der Waals surface area contributed by atoms with E-state index in [1.165, 1.54) is 29.7 Å². The highest BCUT2D eigenvalue weighted by atomic mass is 35.5. The number of carbonyl (C=O) groups is 2. The fourth-order valence-electron chi connectivity index (χ4n) is 2.09. The Morgan fingerprint density at radius 2 is 2.36 bits per heavy atom. The maximum absolute atomic E-state index is 14.1. The Morgan fingerprint density at radius 3 is 3.00 bits per heavy atom. The molecule has 1 heterocycles. The Balaban J connectivity index is 2.15. The molecule has 0 radical (unpaired) electrons. The van der Waals surface area contributed by atoms with Crippen molar-refractivity contribution in [3.05, 3.63) is 24.0 Å². The summed E-state index contributed by atoms with van der Waals surface area (Å²) in [6.45, 7) is 1.81. The molecule has 1 saturated heterocycles. The van der Waals surface area contributed by atoms with Crippen molar-refractivity contribution in [3.63, 3.8) is 0 Å². The second-order valence-electron chi connectivity index (χ2n) is 4.69. The average Bonchev–Trinajstić information content (AvgIpc) is 2.85. The number of cyclic esters (lactones) is 1. The summed E-state index contributed by atoms with van der Waals surface area (Å²) in [5.41, 5.74) is 0.408. The van der Waals surface area contributed by atoms with E-state index in [2.05, 4.69) is 5.32 Å². The molecule has 5 nitrogen and oxygen atoms in total. The summed E-state index contributed by atoms with van der Waals surface area (Å²) in [7, 11) is 0. The summed E-state index contributed by atoms with van der Waals surface area (Å²) >= 11 is 6.91. The number of benzene rings is 1. The Bertz CT molecular complexity index is 573. The topological polar surface area (TPSA) is 58.6 Å². The van der Waals surface area contributed by atoms with Crippen LogP contribution in [0.5, 0.6) is 0 Å². The number of carbonyl (C=O) groups excluding carboxylic acids is 2. The van der Waals surface area contributed by atoms with Crippen LogP contribution >= 0.6 is 23.4 Å². The zero-order chi connectivity index (χ0) is 16.1. The first-order valence-electron chi connectivity index (χ1n) is 6.71. The number of amides is 2. The van der Waals surface area contributed by atoms with Crippen molar-refractivity contribution in [3.8, 4) is 0 Å². The number of anilines is 1. The lowest BCUT2D eigenvalue weighted by Crippen LogP contribution is -2.42. The number of alkyl halides is 1. The zero-order valence-electron chi connectivity index (χ0n) is 12.0. The van der Waals surface area contributed by atoms with Gasteiger partial charge in [-0.15, -0.1) is 23.4 Å². The van der Waals surface area contributed by atoms with Crippen molar-refractivity contribution in [2.75, 3.05) is 29.7 Å². The minimum absolute atomic E-state index is 0.156. The van der Waals surface area contributed by atoms with Crippen LogP contribution in [-0.2, 0) is 9.53 Å². The van der Waals surface area contributed by atoms with Gasteiger partial charge in [0, 0.05) is 30.0 Å². The van der Waals surface area contributed by atoms with Crippen LogP contribution in [0.4, 0.5) is 14.9 Å². The van der Waals surface area contributed by atoms with Gasteiger partial charge >= 0.3 is 6.09 Å². The largest absolute Gasteiger partial charge is 0.447 e. The number of hydrogen-bond acceptors (Lipinski definition) is 4. The number of halogens is 2. The van der Waals surface area contributed by atoms with E-state index < -0.39 is 11.9 Å². The quantitative estimate of drug-likeness (QED) is 0.635. The molecule has 1 aliphatic rings. The van der Waals surface area contributed by atoms with Gasteiger partial charge in [-0.2, -0.15) is 0 Å². The third kappa shape index (κ3) is 4.04. The number of ether oxygens (including phenoxy) is 1. The van der Waals surface area contributed by atoms with Crippen LogP contribution in [0.15, 0.2) is 23.1 Å². The first-order chi connectivity index (χ1) is 10.5. The van der Waals surface area contributed by atoms with Gasteiger partial charge in [-0.1, -0.05) is 0 Å². The number of hydrogen-bond donors (Lipinski definition) is 1. The molecule has 1 aromatic rings. The molecule has 2 amide bonds. The van der Waals surface area contributed by atoms with E-state index in [0.717, 1.165) is 0 Å². The molecule has 2 rings (SSSR count). The molecule has 22 heavy (non-hydrogen) atoms. The highest BCUT2D eigenvalue weighted by Gasteiger charge is 2.34. The molecule has 1 aromatic carbocycles. The molecule has 0 aliphatic carbocycles. The molecule has 1 unspecified atom stereocenters. The Kier molecular flexibility index (Phi) is 5.90. The third-order valence-corrected chi connectivity index (χ3v) is 4.54. The van der Waals surface area contributed by atoms with Crippen LogP contribution in [0.25, 0.3) is 0 Å². The second kappa shape index (κ2) is 7.69. The molecule has 0 spiro atoms. The standard InChI is InChI=1S/C14H16ClFN2O3S/c1-9(19)17-7-11-8-21-14(20)18(11)10-2-3-13(12(16)6-10)22-5-4-15/h2-3,6,11H,4-5,7-8H2,1H3,(H,17,19). The summed E-state index contributed by atoms with van der Waals surface area (Å²) in [6, 6.07) is 4.22. The van der Waals surface area contributed by atoms with Gasteiger partial charge in [-0.25, -0.2) is 9.18 Å². The minimum Gasteiger partial charge on any atom is -0.447 e. The number of thioether (sulfide) groups is 1. The SMILES string of the molecule is CC(=O)NCC1COC(=O)N1c1ccc(SCCCl)c(F)c1. The summed E-state index contributed by atoms with van der Waals surface area (Å²) < 4.78 is 19.1. The van der Waals surface area contributed by atoms with E-state index in [4.69, 9.17) is 16.3 Å². The molecule has 8 heteroatoms. The van der Waals surface area contributed by atoms with E-state index in [9.17, 15) is 14.0 Å². The Labute approximate surface area is 137 Å². The van der Waals surface area contributed by atoms with Crippen LogP contribution in [0.2, 0.25) is 0 Å². The molecule has 0 saturated carbocycles. The molecule has 1 aliphatic heterocycles. The lowest BCUT2D eigenvalue weighted by Gasteiger charge is -2.22. The van der Waals surface area contributed by atoms with Gasteiger partial charge < -0.3 is 10.1 Å². The van der Waals surface area contributed by atoms with Crippen LogP contribution in [-0.4, -0.2) is 42.8 Å². The predicted molar refractivity (Wildman–Crippen MR) is 84.1 cm³/mol. The maximum Gasteiger partial charge on any atom is 0.414 e. The Hall–Kier alpha value is -1.47. The van der Waals surface area contributed by atoms with E-state index >= 15 is 0 Å². The zero-order valence-corrected chi connectivity index (χ0v) is 13.5. The summed E-state index contributed by atoms with van der Waals surface area (Å²) in [5, 5.41) is 2.64. The van der Waals surface area contributed by atoms with Crippen molar-refractivity contribution >= 4 is 41.1 Å². The summed E-state index contributed by atoms with van der Waals surface area (Å²) in [5.74, 6) is 0.432. The van der Waals surface area contributed by atoms with Crippen molar-refractivity contribution in [2.24, 2.45) is 0 Å². The highest BCUT2D eigenvalue weighted by molar-refractivity contribution is 7.99. The molecular weight excluding hydrogens is 331 g/mol. The normalized spacial score (nSPS) is 17.5. The van der Waals surface area contributed by atoms with Crippen LogP contribution in [0.3, 0.4) is 0 Å². The molecular formula is C14H16ClFN2O3S. The van der Waals surface area contributed by atoms with Gasteiger partial charge in [-0.3, -0.25) is 9.69 Å². The fraction of sp³-hybridized carbons (Fsp3) is 0.429. The molecule has 0 aromatic heterocycles. The monoisotopic (exact) mass is 346 g/mol. The molecule has 1 atom stereocenters. The molecule has 120 valence electrons. The van der Waals surface area contributed by atoms with Crippen LogP contribution in [0.1, 0.15) is 6.92 Å². The van der Waals surface area contributed by atoms with E-state index in [1.807, 2.05) is 0 Å². The van der Waals surface area contributed by atoms with Crippen LogP contribution < -0.4 is 10.2 Å². The van der Waals surface area contributed by atoms with Crippen molar-refractivity contribution in [2.45, 2.75) is 17.9 Å². The molecule has 1 N–H and O–H groups in total. The van der Waals surface area contributed by atoms with Gasteiger partial charge in [0.25, 0.3) is 0 Å². The van der Waals surface area contributed by atoms with E-state index in [1.54, 1.807) is 12.1 Å². The van der Waals surface area contributed by atoms with Gasteiger partial charge in [-0.05, 0) is 18.2 Å². The first-order valence-corrected chi connectivity index (χ1v) is 8.23. The van der Waals surface area contributed by atoms with Crippen LogP contribution in [0, 0.1) is 5.82 Å². The minimum atomic E-state index is -0.545. The second-order valence-corrected chi connectivity index (χ2v) is 6.20. The van der Waals surface area contributed by atoms with Crippen molar-refractivity contribution < 1.29 is 18.7 Å². The lowest BCUT2D eigenvalue weighted by atomic mass is 10.2.